The zero-order chi connectivity index (χ0) is 13.4. The van der Waals surface area contributed by atoms with Crippen molar-refractivity contribution in [3.8, 4) is 0 Å². The van der Waals surface area contributed by atoms with E-state index in [2.05, 4.69) is 44.0 Å². The minimum absolute atomic E-state index is 0.622. The quantitative estimate of drug-likeness (QED) is 0.572. The summed E-state index contributed by atoms with van der Waals surface area (Å²) in [7, 11) is 2.17. The predicted octanol–water partition coefficient (Wildman–Crippen LogP) is 3.88. The minimum atomic E-state index is 0.622. The molecule has 0 unspecified atom stereocenters. The van der Waals surface area contributed by atoms with Crippen molar-refractivity contribution in [1.29, 1.82) is 0 Å². The Balaban J connectivity index is 2.82. The van der Waals surface area contributed by atoms with Crippen molar-refractivity contribution < 1.29 is 0 Å². The van der Waals surface area contributed by atoms with E-state index < -0.39 is 0 Å². The number of hydrogen-bond donors (Lipinski definition) is 1. The summed E-state index contributed by atoms with van der Waals surface area (Å²) >= 11 is 1.88. The van der Waals surface area contributed by atoms with Gasteiger partial charge < -0.3 is 10.6 Å². The molecule has 1 aromatic rings. The van der Waals surface area contributed by atoms with Gasteiger partial charge >= 0.3 is 0 Å². The molecule has 0 heterocycles. The van der Waals surface area contributed by atoms with Gasteiger partial charge in [-0.05, 0) is 24.3 Å². The Hall–Kier alpha value is -0.670. The summed E-state index contributed by atoms with van der Waals surface area (Å²) in [5, 5.41) is 0. The van der Waals surface area contributed by atoms with Crippen LogP contribution in [0.5, 0.6) is 0 Å². The van der Waals surface area contributed by atoms with Crippen LogP contribution in [-0.2, 0) is 6.54 Å². The van der Waals surface area contributed by atoms with Crippen LogP contribution in [0.3, 0.4) is 0 Å². The molecule has 2 nitrogen and oxygen atoms in total. The van der Waals surface area contributed by atoms with Crippen LogP contribution in [0, 0.1) is 0 Å². The van der Waals surface area contributed by atoms with Crippen LogP contribution in [0.4, 0.5) is 5.69 Å². The Morgan fingerprint density at radius 1 is 1.22 bits per heavy atom. The number of nitrogens with zero attached hydrogens (tertiary/aromatic N) is 1. The Labute approximate surface area is 116 Å². The van der Waals surface area contributed by atoms with Gasteiger partial charge in [0, 0.05) is 36.3 Å². The Morgan fingerprint density at radius 3 is 2.61 bits per heavy atom. The van der Waals surface area contributed by atoms with Crippen LogP contribution in [0.25, 0.3) is 0 Å². The molecule has 1 rings (SSSR count). The van der Waals surface area contributed by atoms with Crippen molar-refractivity contribution in [1.82, 2.24) is 0 Å². The van der Waals surface area contributed by atoms with E-state index in [1.165, 1.54) is 35.4 Å². The lowest BCUT2D eigenvalue weighted by atomic mass is 10.1. The zero-order valence-electron chi connectivity index (χ0n) is 11.9. The fourth-order valence-electron chi connectivity index (χ4n) is 2.13. The average Bonchev–Trinajstić information content (AvgIpc) is 2.39. The molecule has 0 fully saturated rings. The summed E-state index contributed by atoms with van der Waals surface area (Å²) in [4.78, 5) is 3.68. The number of unbranched alkanes of at least 4 members (excludes halogenated alkanes) is 2. The van der Waals surface area contributed by atoms with Crippen LogP contribution in [0.15, 0.2) is 23.1 Å². The van der Waals surface area contributed by atoms with Crippen LogP contribution >= 0.6 is 11.8 Å². The maximum absolute atomic E-state index is 5.93. The maximum Gasteiger partial charge on any atom is 0.0420 e. The first-order valence-corrected chi connectivity index (χ1v) is 7.89. The number of rotatable bonds is 8. The molecule has 0 saturated heterocycles. The molecular formula is C15H26N2S. The van der Waals surface area contributed by atoms with E-state index in [1.807, 2.05) is 11.8 Å². The molecule has 0 spiro atoms. The summed E-state index contributed by atoms with van der Waals surface area (Å²) in [5.74, 6) is 1.09. The van der Waals surface area contributed by atoms with E-state index >= 15 is 0 Å². The number of hydrogen-bond acceptors (Lipinski definition) is 3. The van der Waals surface area contributed by atoms with E-state index in [-0.39, 0.29) is 0 Å². The number of benzene rings is 1. The standard InChI is InChI=1S/C15H26N2S/c1-4-6-7-11-17(3)14-9-8-10-15(18-5-2)13(14)12-16/h8-10H,4-7,11-12,16H2,1-3H3. The molecule has 0 aliphatic heterocycles. The lowest BCUT2D eigenvalue weighted by molar-refractivity contribution is 0.703. The zero-order valence-corrected chi connectivity index (χ0v) is 12.7. The molecule has 0 radical (unpaired) electrons. The van der Waals surface area contributed by atoms with Crippen LogP contribution in [0.1, 0.15) is 38.7 Å². The molecule has 0 amide bonds. The van der Waals surface area contributed by atoms with Gasteiger partial charge in [-0.2, -0.15) is 0 Å². The largest absolute Gasteiger partial charge is 0.374 e. The van der Waals surface area contributed by atoms with Crippen molar-refractivity contribution in [2.24, 2.45) is 5.73 Å². The van der Waals surface area contributed by atoms with Gasteiger partial charge in [0.15, 0.2) is 0 Å². The van der Waals surface area contributed by atoms with Gasteiger partial charge in [-0.25, -0.2) is 0 Å². The van der Waals surface area contributed by atoms with E-state index in [0.717, 1.165) is 12.3 Å². The van der Waals surface area contributed by atoms with Crippen molar-refractivity contribution in [3.63, 3.8) is 0 Å². The summed E-state index contributed by atoms with van der Waals surface area (Å²) in [5.41, 5.74) is 8.53. The first kappa shape index (κ1) is 15.4. The second-order valence-electron chi connectivity index (χ2n) is 4.52. The SMILES string of the molecule is CCCCCN(C)c1cccc(SCC)c1CN. The first-order chi connectivity index (χ1) is 8.74. The number of nitrogens with two attached hydrogens (primary N) is 1. The number of anilines is 1. The van der Waals surface area contributed by atoms with Gasteiger partial charge in [-0.15, -0.1) is 11.8 Å². The summed E-state index contributed by atoms with van der Waals surface area (Å²) in [6.07, 6.45) is 3.82. The van der Waals surface area contributed by atoms with Gasteiger partial charge in [0.05, 0.1) is 0 Å². The molecular weight excluding hydrogens is 240 g/mol. The third-order valence-corrected chi connectivity index (χ3v) is 4.10. The highest BCUT2D eigenvalue weighted by Crippen LogP contribution is 2.30. The molecule has 18 heavy (non-hydrogen) atoms. The van der Waals surface area contributed by atoms with E-state index in [9.17, 15) is 0 Å². The van der Waals surface area contributed by atoms with E-state index in [0.29, 0.717) is 6.54 Å². The van der Waals surface area contributed by atoms with Gasteiger partial charge in [0.1, 0.15) is 0 Å². The summed E-state index contributed by atoms with van der Waals surface area (Å²) in [6.45, 7) is 6.16. The summed E-state index contributed by atoms with van der Waals surface area (Å²) in [6, 6.07) is 6.51. The monoisotopic (exact) mass is 266 g/mol. The second-order valence-corrected chi connectivity index (χ2v) is 5.83. The van der Waals surface area contributed by atoms with Gasteiger partial charge in [0.2, 0.25) is 0 Å². The molecule has 102 valence electrons. The molecule has 0 aromatic heterocycles. The maximum atomic E-state index is 5.93. The minimum Gasteiger partial charge on any atom is -0.374 e. The van der Waals surface area contributed by atoms with Crippen LogP contribution in [-0.4, -0.2) is 19.3 Å². The third kappa shape index (κ3) is 4.21. The third-order valence-electron chi connectivity index (χ3n) is 3.12. The Kier molecular flexibility index (Phi) is 7.21. The van der Waals surface area contributed by atoms with Crippen molar-refractivity contribution in [2.75, 3.05) is 24.2 Å². The molecule has 2 N–H and O–H groups in total. The molecule has 0 aliphatic rings. The average molecular weight is 266 g/mol. The van der Waals surface area contributed by atoms with E-state index in [1.54, 1.807) is 0 Å². The smallest absolute Gasteiger partial charge is 0.0420 e. The van der Waals surface area contributed by atoms with Gasteiger partial charge in [0.25, 0.3) is 0 Å². The van der Waals surface area contributed by atoms with Crippen LogP contribution < -0.4 is 10.6 Å². The molecule has 3 heteroatoms. The molecule has 0 saturated carbocycles. The molecule has 0 atom stereocenters. The van der Waals surface area contributed by atoms with Gasteiger partial charge in [-0.3, -0.25) is 0 Å². The van der Waals surface area contributed by atoms with Crippen molar-refractivity contribution in [3.05, 3.63) is 23.8 Å². The topological polar surface area (TPSA) is 29.3 Å². The normalized spacial score (nSPS) is 10.7. The molecule has 1 aromatic carbocycles. The van der Waals surface area contributed by atoms with Crippen molar-refractivity contribution in [2.45, 2.75) is 44.6 Å². The Bertz CT molecular complexity index is 352. The van der Waals surface area contributed by atoms with Crippen LogP contribution in [0.2, 0.25) is 0 Å². The first-order valence-electron chi connectivity index (χ1n) is 6.90. The fourth-order valence-corrected chi connectivity index (χ4v) is 2.97. The van der Waals surface area contributed by atoms with E-state index in [4.69, 9.17) is 5.73 Å². The molecule has 0 bridgehead atoms. The lowest BCUT2D eigenvalue weighted by Gasteiger charge is -2.23. The number of thioether (sulfide) groups is 1. The highest BCUT2D eigenvalue weighted by molar-refractivity contribution is 7.99. The van der Waals surface area contributed by atoms with Crippen molar-refractivity contribution >= 4 is 17.4 Å². The highest BCUT2D eigenvalue weighted by atomic mass is 32.2. The lowest BCUT2D eigenvalue weighted by Crippen LogP contribution is -2.21. The Morgan fingerprint density at radius 2 is 2.00 bits per heavy atom. The highest BCUT2D eigenvalue weighted by Gasteiger charge is 2.10. The van der Waals surface area contributed by atoms with Gasteiger partial charge in [-0.1, -0.05) is 32.8 Å². The predicted molar refractivity (Wildman–Crippen MR) is 83.5 cm³/mol. The summed E-state index contributed by atoms with van der Waals surface area (Å²) < 4.78 is 0. The fraction of sp³-hybridized carbons (Fsp3) is 0.600. The molecule has 0 aliphatic carbocycles. The second kappa shape index (κ2) is 8.44.